The first-order valence-corrected chi connectivity index (χ1v) is 18.5. The van der Waals surface area contributed by atoms with Crippen molar-refractivity contribution in [2.24, 2.45) is 0 Å². The van der Waals surface area contributed by atoms with E-state index in [0.717, 1.165) is 64.6 Å². The molecule has 3 aromatic carbocycles. The highest BCUT2D eigenvalue weighted by Gasteiger charge is 2.31. The van der Waals surface area contributed by atoms with Crippen LogP contribution in [0.15, 0.2) is 79.1 Å². The molecule has 0 unspecified atom stereocenters. The first-order valence-electron chi connectivity index (χ1n) is 18.5. The summed E-state index contributed by atoms with van der Waals surface area (Å²) in [6, 6.07) is 21.5. The third-order valence-corrected chi connectivity index (χ3v) is 10.2. The third kappa shape index (κ3) is 7.93. The number of hydrogen-bond donors (Lipinski definition) is 0. The van der Waals surface area contributed by atoms with Crippen molar-refractivity contribution in [1.82, 2.24) is 24.8 Å². The van der Waals surface area contributed by atoms with Crippen molar-refractivity contribution in [2.45, 2.75) is 26.1 Å². The Kier molecular flexibility index (Phi) is 10.8. The lowest BCUT2D eigenvalue weighted by Gasteiger charge is -2.29. The molecular formula is C41H45FN8O4. The summed E-state index contributed by atoms with van der Waals surface area (Å²) < 4.78 is 37.6. The van der Waals surface area contributed by atoms with Gasteiger partial charge in [0.15, 0.2) is 0 Å². The van der Waals surface area contributed by atoms with Crippen LogP contribution in [0, 0.1) is 5.82 Å². The number of hydrogen-bond acceptors (Lipinski definition) is 12. The van der Waals surface area contributed by atoms with Crippen LogP contribution in [0.3, 0.4) is 0 Å². The van der Waals surface area contributed by atoms with Crippen LogP contribution >= 0.6 is 0 Å². The summed E-state index contributed by atoms with van der Waals surface area (Å²) in [6.45, 7) is 8.17. The van der Waals surface area contributed by atoms with Crippen LogP contribution in [-0.2, 0) is 35.5 Å². The van der Waals surface area contributed by atoms with Crippen molar-refractivity contribution in [3.63, 3.8) is 0 Å². The lowest BCUT2D eigenvalue weighted by Crippen LogP contribution is -2.37. The van der Waals surface area contributed by atoms with Gasteiger partial charge in [-0.05, 0) is 59.5 Å². The number of methoxy groups -OCH3 is 2. The Bertz CT molecular complexity index is 1970. The highest BCUT2D eigenvalue weighted by Crippen LogP contribution is 2.40. The van der Waals surface area contributed by atoms with E-state index in [2.05, 4.69) is 39.0 Å². The molecule has 5 aromatic rings. The van der Waals surface area contributed by atoms with Crippen molar-refractivity contribution in [2.75, 3.05) is 88.1 Å². The topological polar surface area (TPSA) is 101 Å². The standard InChI is InChI=1S/C41H45FN8O4/c1-51-33-8-3-29(4-9-33)27-49(28-30-5-10-34(52-2)11-6-30)40-43-24-32(25-44-40)38-35-13-14-50(39(35)46-41(45-38)48-17-21-54-22-18-48)37-23-31(7-12-36(37)42)26-47-15-19-53-20-16-47/h3-12,23-25H,13-22,26-28H2,1-2H3. The second kappa shape index (κ2) is 16.3. The molecule has 8 rings (SSSR count). The van der Waals surface area contributed by atoms with E-state index < -0.39 is 0 Å². The van der Waals surface area contributed by atoms with Gasteiger partial charge in [0, 0.05) is 75.9 Å². The SMILES string of the molecule is COc1ccc(CN(Cc2ccc(OC)cc2)c2ncc(-c3nc(N4CCOCC4)nc4c3CCN4c3cc(CN4CCOCC4)ccc3F)cn2)cc1. The molecule has 5 heterocycles. The lowest BCUT2D eigenvalue weighted by molar-refractivity contribution is 0.0342. The maximum absolute atomic E-state index is 15.7. The Hall–Kier alpha value is -5.37. The number of aromatic nitrogens is 4. The molecule has 280 valence electrons. The van der Waals surface area contributed by atoms with Gasteiger partial charge in [-0.1, -0.05) is 30.3 Å². The summed E-state index contributed by atoms with van der Waals surface area (Å²) in [5.74, 6) is 3.23. The maximum Gasteiger partial charge on any atom is 0.228 e. The zero-order chi connectivity index (χ0) is 36.9. The summed E-state index contributed by atoms with van der Waals surface area (Å²) in [6.07, 6.45) is 4.34. The van der Waals surface area contributed by atoms with Gasteiger partial charge in [0.05, 0.1) is 52.0 Å². The zero-order valence-electron chi connectivity index (χ0n) is 30.8. The number of ether oxygens (including phenoxy) is 4. The van der Waals surface area contributed by atoms with E-state index in [-0.39, 0.29) is 5.82 Å². The van der Waals surface area contributed by atoms with Crippen molar-refractivity contribution in [1.29, 1.82) is 0 Å². The Labute approximate surface area is 315 Å². The van der Waals surface area contributed by atoms with Gasteiger partial charge in [-0.15, -0.1) is 0 Å². The van der Waals surface area contributed by atoms with Gasteiger partial charge in [0.1, 0.15) is 23.1 Å². The molecule has 2 fully saturated rings. The fourth-order valence-electron chi connectivity index (χ4n) is 7.21. The van der Waals surface area contributed by atoms with Crippen molar-refractivity contribution >= 4 is 23.4 Å². The van der Waals surface area contributed by atoms with Crippen LogP contribution in [0.1, 0.15) is 22.3 Å². The molecule has 0 N–H and O–H groups in total. The van der Waals surface area contributed by atoms with E-state index in [1.165, 1.54) is 0 Å². The molecule has 3 aliphatic heterocycles. The molecule has 2 saturated heterocycles. The predicted molar refractivity (Wildman–Crippen MR) is 205 cm³/mol. The van der Waals surface area contributed by atoms with Gasteiger partial charge in [-0.3, -0.25) is 4.90 Å². The highest BCUT2D eigenvalue weighted by atomic mass is 19.1. The molecule has 0 aliphatic carbocycles. The zero-order valence-corrected chi connectivity index (χ0v) is 30.8. The fraction of sp³-hybridized carbons (Fsp3) is 0.366. The highest BCUT2D eigenvalue weighted by molar-refractivity contribution is 5.77. The second-order valence-corrected chi connectivity index (χ2v) is 13.7. The Morgan fingerprint density at radius 3 is 1.93 bits per heavy atom. The van der Waals surface area contributed by atoms with Crippen molar-refractivity contribution < 1.29 is 23.3 Å². The molecule has 0 saturated carbocycles. The molecule has 2 aromatic heterocycles. The van der Waals surface area contributed by atoms with Gasteiger partial charge in [-0.25, -0.2) is 19.3 Å². The van der Waals surface area contributed by atoms with Crippen LogP contribution in [0.5, 0.6) is 11.5 Å². The average Bonchev–Trinajstić information content (AvgIpc) is 3.66. The van der Waals surface area contributed by atoms with Crippen molar-refractivity contribution in [3.05, 3.63) is 107 Å². The number of fused-ring (bicyclic) bond motifs is 1. The summed E-state index contributed by atoms with van der Waals surface area (Å²) in [5, 5.41) is 0. The number of halogens is 1. The van der Waals surface area contributed by atoms with E-state index in [1.807, 2.05) is 53.7 Å². The Morgan fingerprint density at radius 1 is 0.722 bits per heavy atom. The first kappa shape index (κ1) is 35.6. The average molecular weight is 733 g/mol. The van der Waals surface area contributed by atoms with Crippen LogP contribution < -0.4 is 24.2 Å². The number of benzene rings is 3. The van der Waals surface area contributed by atoms with E-state index in [0.29, 0.717) is 89.0 Å². The monoisotopic (exact) mass is 732 g/mol. The molecule has 12 nitrogen and oxygen atoms in total. The van der Waals surface area contributed by atoms with Gasteiger partial charge in [0.2, 0.25) is 11.9 Å². The van der Waals surface area contributed by atoms with Crippen molar-refractivity contribution in [3.8, 4) is 22.8 Å². The predicted octanol–water partition coefficient (Wildman–Crippen LogP) is 5.66. The Morgan fingerprint density at radius 2 is 1.31 bits per heavy atom. The molecule has 0 spiro atoms. The fourth-order valence-corrected chi connectivity index (χ4v) is 7.21. The van der Waals surface area contributed by atoms with E-state index in [1.54, 1.807) is 20.3 Å². The van der Waals surface area contributed by atoms with E-state index in [9.17, 15) is 0 Å². The minimum absolute atomic E-state index is 0.275. The summed E-state index contributed by atoms with van der Waals surface area (Å²) in [4.78, 5) is 28.7. The van der Waals surface area contributed by atoms with Gasteiger partial charge >= 0.3 is 0 Å². The molecule has 13 heteroatoms. The minimum atomic E-state index is -0.275. The lowest BCUT2D eigenvalue weighted by atomic mass is 10.1. The largest absolute Gasteiger partial charge is 0.497 e. The molecular weight excluding hydrogens is 688 g/mol. The maximum atomic E-state index is 15.7. The smallest absolute Gasteiger partial charge is 0.228 e. The van der Waals surface area contributed by atoms with E-state index >= 15 is 4.39 Å². The quantitative estimate of drug-likeness (QED) is 0.158. The molecule has 0 bridgehead atoms. The van der Waals surface area contributed by atoms with Crippen LogP contribution in [0.2, 0.25) is 0 Å². The van der Waals surface area contributed by atoms with Crippen LogP contribution in [-0.4, -0.2) is 98.2 Å². The molecule has 54 heavy (non-hydrogen) atoms. The minimum Gasteiger partial charge on any atom is -0.497 e. The first-order chi connectivity index (χ1) is 26.5. The molecule has 0 radical (unpaired) electrons. The van der Waals surface area contributed by atoms with Crippen LogP contribution in [0.4, 0.5) is 27.8 Å². The third-order valence-electron chi connectivity index (χ3n) is 10.2. The summed E-state index contributed by atoms with van der Waals surface area (Å²) in [7, 11) is 3.33. The number of anilines is 4. The Balaban J connectivity index is 1.12. The molecule has 0 atom stereocenters. The summed E-state index contributed by atoms with van der Waals surface area (Å²) in [5.41, 5.74) is 6.28. The number of morpholine rings is 2. The molecule has 3 aliphatic rings. The number of nitrogens with zero attached hydrogens (tertiary/aromatic N) is 8. The van der Waals surface area contributed by atoms with Gasteiger partial charge < -0.3 is 33.6 Å². The normalized spacial score (nSPS) is 16.0. The number of rotatable bonds is 12. The second-order valence-electron chi connectivity index (χ2n) is 13.7. The van der Waals surface area contributed by atoms with Gasteiger partial charge in [0.25, 0.3) is 0 Å². The van der Waals surface area contributed by atoms with E-state index in [4.69, 9.17) is 38.9 Å². The van der Waals surface area contributed by atoms with Crippen LogP contribution in [0.25, 0.3) is 11.3 Å². The molecule has 0 amide bonds. The summed E-state index contributed by atoms with van der Waals surface area (Å²) >= 11 is 0. The van der Waals surface area contributed by atoms with Gasteiger partial charge in [-0.2, -0.15) is 4.98 Å².